The fraction of sp³-hybridized carbons (Fsp3) is 0.529. The maximum Gasteiger partial charge on any atom is 0.122 e. The minimum atomic E-state index is 0.328. The van der Waals surface area contributed by atoms with Gasteiger partial charge in [-0.15, -0.1) is 0 Å². The lowest BCUT2D eigenvalue weighted by Crippen LogP contribution is -2.05. The van der Waals surface area contributed by atoms with Crippen molar-refractivity contribution in [3.8, 4) is 5.75 Å². The van der Waals surface area contributed by atoms with Crippen molar-refractivity contribution in [1.29, 1.82) is 0 Å². The Morgan fingerprint density at radius 2 is 2.11 bits per heavy atom. The maximum absolute atomic E-state index is 5.82. The van der Waals surface area contributed by atoms with Crippen molar-refractivity contribution in [2.45, 2.75) is 45.1 Å². The van der Waals surface area contributed by atoms with E-state index >= 15 is 0 Å². The summed E-state index contributed by atoms with van der Waals surface area (Å²) in [5, 5.41) is 0. The van der Waals surface area contributed by atoms with Crippen LogP contribution in [0.4, 0.5) is 0 Å². The molecular weight excluding hydrogens is 236 g/mol. The van der Waals surface area contributed by atoms with E-state index in [1.54, 1.807) is 0 Å². The van der Waals surface area contributed by atoms with Crippen LogP contribution in [0.5, 0.6) is 5.75 Å². The van der Waals surface area contributed by atoms with Gasteiger partial charge in [0.15, 0.2) is 0 Å². The summed E-state index contributed by atoms with van der Waals surface area (Å²) < 4.78 is 11.0. The Labute approximate surface area is 116 Å². The molecule has 0 bridgehead atoms. The fourth-order valence-electron chi connectivity index (χ4n) is 2.12. The summed E-state index contributed by atoms with van der Waals surface area (Å²) in [6.45, 7) is 3.63. The van der Waals surface area contributed by atoms with Crippen molar-refractivity contribution in [3.63, 3.8) is 0 Å². The zero-order valence-corrected chi connectivity index (χ0v) is 11.8. The molecule has 1 aromatic rings. The largest absolute Gasteiger partial charge is 0.491 e. The van der Waals surface area contributed by atoms with Gasteiger partial charge >= 0.3 is 0 Å². The Morgan fingerprint density at radius 1 is 1.26 bits per heavy atom. The van der Waals surface area contributed by atoms with Crippen molar-refractivity contribution in [2.24, 2.45) is 0 Å². The first-order valence-electron chi connectivity index (χ1n) is 7.33. The molecule has 2 rings (SSSR count). The number of ether oxygens (including phenoxy) is 2. The number of hydrogen-bond acceptors (Lipinski definition) is 2. The number of benzene rings is 1. The Bertz CT molecular complexity index is 394. The summed E-state index contributed by atoms with van der Waals surface area (Å²) in [6, 6.07) is 8.38. The summed E-state index contributed by atoms with van der Waals surface area (Å²) in [4.78, 5) is 0. The van der Waals surface area contributed by atoms with Gasteiger partial charge in [0.2, 0.25) is 0 Å². The second-order valence-electron chi connectivity index (χ2n) is 5.04. The highest BCUT2D eigenvalue weighted by atomic mass is 16.6. The van der Waals surface area contributed by atoms with Crippen molar-refractivity contribution < 1.29 is 9.47 Å². The summed E-state index contributed by atoms with van der Waals surface area (Å²) >= 11 is 0. The zero-order valence-electron chi connectivity index (χ0n) is 11.8. The molecule has 0 amide bonds. The lowest BCUT2D eigenvalue weighted by Gasteiger charge is -2.10. The summed E-state index contributed by atoms with van der Waals surface area (Å²) in [6.07, 6.45) is 10.8. The molecule has 2 heteroatoms. The smallest absolute Gasteiger partial charge is 0.122 e. The molecule has 1 heterocycles. The van der Waals surface area contributed by atoms with Gasteiger partial charge in [-0.25, -0.2) is 0 Å². The Kier molecular flexibility index (Phi) is 5.96. The molecule has 19 heavy (non-hydrogen) atoms. The number of rotatable bonds is 9. The average Bonchev–Trinajstić information content (AvgIpc) is 3.25. The van der Waals surface area contributed by atoms with E-state index in [-0.39, 0.29) is 0 Å². The number of unbranched alkanes of at least 4 members (excludes halogenated alkanes) is 3. The van der Waals surface area contributed by atoms with E-state index in [9.17, 15) is 0 Å². The van der Waals surface area contributed by atoms with E-state index in [1.165, 1.54) is 31.2 Å². The van der Waals surface area contributed by atoms with Crippen LogP contribution < -0.4 is 4.74 Å². The van der Waals surface area contributed by atoms with E-state index in [4.69, 9.17) is 9.47 Å². The van der Waals surface area contributed by atoms with Gasteiger partial charge in [0.05, 0.1) is 6.61 Å². The van der Waals surface area contributed by atoms with E-state index in [0.29, 0.717) is 12.7 Å². The zero-order chi connectivity index (χ0) is 13.3. The molecule has 0 aromatic heterocycles. The predicted octanol–water partition coefficient (Wildman–Crippen LogP) is 4.14. The van der Waals surface area contributed by atoms with Crippen molar-refractivity contribution in [3.05, 3.63) is 42.0 Å². The minimum absolute atomic E-state index is 0.328. The molecule has 0 N–H and O–H groups in total. The van der Waals surface area contributed by atoms with Crippen molar-refractivity contribution in [2.75, 3.05) is 13.2 Å². The van der Waals surface area contributed by atoms with Gasteiger partial charge in [0.1, 0.15) is 18.5 Å². The first-order chi connectivity index (χ1) is 9.40. The molecule has 104 valence electrons. The fourth-order valence-corrected chi connectivity index (χ4v) is 2.12. The van der Waals surface area contributed by atoms with Gasteiger partial charge in [-0.3, -0.25) is 0 Å². The number of para-hydroxylation sites is 1. The second kappa shape index (κ2) is 8.00. The van der Waals surface area contributed by atoms with Crippen LogP contribution in [0.15, 0.2) is 36.4 Å². The molecule has 2 nitrogen and oxygen atoms in total. The van der Waals surface area contributed by atoms with Crippen LogP contribution in [0.25, 0.3) is 0 Å². The van der Waals surface area contributed by atoms with E-state index in [1.807, 2.05) is 6.07 Å². The molecule has 1 fully saturated rings. The lowest BCUT2D eigenvalue weighted by atomic mass is 10.1. The molecule has 1 aliphatic rings. The molecule has 0 radical (unpaired) electrons. The molecular formula is C17H24O2. The van der Waals surface area contributed by atoms with E-state index < -0.39 is 0 Å². The molecule has 0 aliphatic carbocycles. The molecule has 0 spiro atoms. The Morgan fingerprint density at radius 3 is 2.89 bits per heavy atom. The highest BCUT2D eigenvalue weighted by molar-refractivity contribution is 5.33. The molecule has 1 unspecified atom stereocenters. The summed E-state index contributed by atoms with van der Waals surface area (Å²) in [5.41, 5.74) is 1.33. The number of allylic oxidation sites excluding steroid dienone is 2. The van der Waals surface area contributed by atoms with Crippen LogP contribution in [0.2, 0.25) is 0 Å². The van der Waals surface area contributed by atoms with Crippen molar-refractivity contribution in [1.82, 2.24) is 0 Å². The SMILES string of the molecule is C/C=C/CCCCCc1ccccc1OCC1CO1. The first kappa shape index (κ1) is 14.1. The van der Waals surface area contributed by atoms with Crippen LogP contribution in [-0.2, 0) is 11.2 Å². The van der Waals surface area contributed by atoms with Crippen molar-refractivity contribution >= 4 is 0 Å². The summed E-state index contributed by atoms with van der Waals surface area (Å²) in [5.74, 6) is 1.03. The first-order valence-corrected chi connectivity index (χ1v) is 7.33. The maximum atomic E-state index is 5.82. The van der Waals surface area contributed by atoms with Crippen LogP contribution in [-0.4, -0.2) is 19.3 Å². The number of hydrogen-bond donors (Lipinski definition) is 0. The quantitative estimate of drug-likeness (QED) is 0.378. The van der Waals surface area contributed by atoms with Gasteiger partial charge in [-0.2, -0.15) is 0 Å². The van der Waals surface area contributed by atoms with E-state index in [0.717, 1.165) is 18.8 Å². The van der Waals surface area contributed by atoms with Gasteiger partial charge in [0.25, 0.3) is 0 Å². The van der Waals surface area contributed by atoms with Crippen LogP contribution in [0, 0.1) is 0 Å². The van der Waals surface area contributed by atoms with Gasteiger partial charge in [0, 0.05) is 0 Å². The third kappa shape index (κ3) is 5.48. The van der Waals surface area contributed by atoms with E-state index in [2.05, 4.69) is 37.3 Å². The molecule has 1 atom stereocenters. The highest BCUT2D eigenvalue weighted by Crippen LogP contribution is 2.22. The topological polar surface area (TPSA) is 21.8 Å². The average molecular weight is 260 g/mol. The molecule has 1 aromatic carbocycles. The van der Waals surface area contributed by atoms with Crippen LogP contribution in [0.1, 0.15) is 38.2 Å². The lowest BCUT2D eigenvalue weighted by molar-refractivity contribution is 0.261. The Hall–Kier alpha value is -1.28. The normalized spacial score (nSPS) is 17.8. The van der Waals surface area contributed by atoms with Crippen LogP contribution in [0.3, 0.4) is 0 Å². The summed E-state index contributed by atoms with van der Waals surface area (Å²) in [7, 11) is 0. The third-order valence-corrected chi connectivity index (χ3v) is 3.35. The van der Waals surface area contributed by atoms with Gasteiger partial charge in [-0.1, -0.05) is 36.8 Å². The highest BCUT2D eigenvalue weighted by Gasteiger charge is 2.23. The van der Waals surface area contributed by atoms with Gasteiger partial charge < -0.3 is 9.47 Å². The minimum Gasteiger partial charge on any atom is -0.491 e. The third-order valence-electron chi connectivity index (χ3n) is 3.35. The predicted molar refractivity (Wildman–Crippen MR) is 78.7 cm³/mol. The van der Waals surface area contributed by atoms with Gasteiger partial charge in [-0.05, 0) is 44.2 Å². The monoisotopic (exact) mass is 260 g/mol. The van der Waals surface area contributed by atoms with Crippen LogP contribution >= 0.6 is 0 Å². The number of epoxide rings is 1. The standard InChI is InChI=1S/C17H24O2/c1-2-3-4-5-6-7-10-15-11-8-9-12-17(15)19-14-16-13-18-16/h2-3,8-9,11-12,16H,4-7,10,13-14H2,1H3/b3-2+. The molecule has 1 aliphatic heterocycles. The molecule has 0 saturated carbocycles. The second-order valence-corrected chi connectivity index (χ2v) is 5.04. The number of aryl methyl sites for hydroxylation is 1. The molecule has 1 saturated heterocycles. The Balaban J connectivity index is 1.71.